The highest BCUT2D eigenvalue weighted by atomic mass is 35.5. The zero-order chi connectivity index (χ0) is 22.5. The van der Waals surface area contributed by atoms with Crippen LogP contribution in [-0.4, -0.2) is 46.6 Å². The molecule has 1 aromatic heterocycles. The molecular formula is C25H26Cl2N2O3. The van der Waals surface area contributed by atoms with Crippen molar-refractivity contribution >= 4 is 29.1 Å². The fourth-order valence-electron chi connectivity index (χ4n) is 4.15. The van der Waals surface area contributed by atoms with E-state index in [-0.39, 0.29) is 24.5 Å². The molecule has 2 aromatic carbocycles. The van der Waals surface area contributed by atoms with Gasteiger partial charge in [-0.2, -0.15) is 0 Å². The van der Waals surface area contributed by atoms with Gasteiger partial charge in [-0.05, 0) is 41.8 Å². The molecule has 1 aliphatic rings. The maximum atomic E-state index is 13.4. The van der Waals surface area contributed by atoms with Crippen molar-refractivity contribution in [1.29, 1.82) is 0 Å². The summed E-state index contributed by atoms with van der Waals surface area (Å²) in [5.41, 5.74) is 1.93. The van der Waals surface area contributed by atoms with Crippen LogP contribution in [-0.2, 0) is 17.8 Å². The molecule has 1 saturated heterocycles. The minimum atomic E-state index is -0.341. The van der Waals surface area contributed by atoms with Crippen LogP contribution in [0.25, 0.3) is 0 Å². The van der Waals surface area contributed by atoms with Gasteiger partial charge in [0.15, 0.2) is 0 Å². The summed E-state index contributed by atoms with van der Waals surface area (Å²) in [5, 5.41) is 11.0. The van der Waals surface area contributed by atoms with Crippen LogP contribution in [0.4, 0.5) is 0 Å². The van der Waals surface area contributed by atoms with Crippen LogP contribution < -0.4 is 0 Å². The molecule has 0 aliphatic carbocycles. The van der Waals surface area contributed by atoms with Crippen molar-refractivity contribution in [3.63, 3.8) is 0 Å². The van der Waals surface area contributed by atoms with Crippen molar-refractivity contribution in [2.75, 3.05) is 19.6 Å². The molecule has 0 unspecified atom stereocenters. The van der Waals surface area contributed by atoms with Crippen molar-refractivity contribution in [1.82, 2.24) is 9.80 Å². The van der Waals surface area contributed by atoms with Crippen molar-refractivity contribution < 1.29 is 14.3 Å². The van der Waals surface area contributed by atoms with Crippen molar-refractivity contribution in [2.45, 2.75) is 31.5 Å². The van der Waals surface area contributed by atoms with Crippen LogP contribution in [0.1, 0.15) is 29.3 Å². The molecule has 2 heterocycles. The number of hydrogen-bond donors (Lipinski definition) is 1. The second-order valence-corrected chi connectivity index (χ2v) is 8.96. The first kappa shape index (κ1) is 22.9. The van der Waals surface area contributed by atoms with Gasteiger partial charge >= 0.3 is 0 Å². The molecule has 4 rings (SSSR count). The lowest BCUT2D eigenvalue weighted by molar-refractivity contribution is -0.132. The SMILES string of the molecule is O=C(Cc1ccc(Cl)c(Cl)c1)N(Cc1ccco1)C[C@@H](c1ccccc1)N1CC[C@H](O)C1. The van der Waals surface area contributed by atoms with E-state index in [0.29, 0.717) is 29.7 Å². The lowest BCUT2D eigenvalue weighted by atomic mass is 10.0. The summed E-state index contributed by atoms with van der Waals surface area (Å²) in [7, 11) is 0. The quantitative estimate of drug-likeness (QED) is 0.502. The standard InChI is InChI=1S/C25H26Cl2N2O3/c26-22-9-8-18(13-23(22)27)14-25(31)29(16-21-7-4-12-32-21)17-24(19-5-2-1-3-6-19)28-11-10-20(30)15-28/h1-9,12-13,20,24,30H,10-11,14-17H2/t20-,24-/m0/s1. The Kier molecular flexibility index (Phi) is 7.53. The summed E-state index contributed by atoms with van der Waals surface area (Å²) in [6.07, 6.45) is 2.22. The average Bonchev–Trinajstić information content (AvgIpc) is 3.46. The molecule has 0 spiro atoms. The number of nitrogens with zero attached hydrogens (tertiary/aromatic N) is 2. The van der Waals surface area contributed by atoms with Gasteiger partial charge in [-0.15, -0.1) is 0 Å². The lowest BCUT2D eigenvalue weighted by Gasteiger charge is -2.33. The van der Waals surface area contributed by atoms with E-state index < -0.39 is 0 Å². The number of carbonyl (C=O) groups is 1. The number of likely N-dealkylation sites (tertiary alicyclic amines) is 1. The molecule has 0 radical (unpaired) electrons. The van der Waals surface area contributed by atoms with Crippen molar-refractivity contribution in [3.8, 4) is 0 Å². The third-order valence-electron chi connectivity index (χ3n) is 5.83. The predicted octanol–water partition coefficient (Wildman–Crippen LogP) is 4.97. The van der Waals surface area contributed by atoms with Crippen molar-refractivity contribution in [2.24, 2.45) is 0 Å². The molecule has 168 valence electrons. The van der Waals surface area contributed by atoms with Crippen molar-refractivity contribution in [3.05, 3.63) is 93.9 Å². The predicted molar refractivity (Wildman–Crippen MR) is 126 cm³/mol. The number of carbonyl (C=O) groups excluding carboxylic acids is 1. The topological polar surface area (TPSA) is 56.9 Å². The Morgan fingerprint density at radius 1 is 1.12 bits per heavy atom. The van der Waals surface area contributed by atoms with Gasteiger partial charge < -0.3 is 14.4 Å². The number of aliphatic hydroxyl groups excluding tert-OH is 1. The van der Waals surface area contributed by atoms with Crippen LogP contribution in [0.5, 0.6) is 0 Å². The fraction of sp³-hybridized carbons (Fsp3) is 0.320. The summed E-state index contributed by atoms with van der Waals surface area (Å²) < 4.78 is 5.54. The van der Waals surface area contributed by atoms with Gasteiger partial charge in [0.2, 0.25) is 5.91 Å². The molecule has 7 heteroatoms. The highest BCUT2D eigenvalue weighted by Gasteiger charge is 2.31. The summed E-state index contributed by atoms with van der Waals surface area (Å²) in [5.74, 6) is 0.696. The molecule has 0 bridgehead atoms. The fourth-order valence-corrected chi connectivity index (χ4v) is 4.47. The summed E-state index contributed by atoms with van der Waals surface area (Å²) in [4.78, 5) is 17.5. The largest absolute Gasteiger partial charge is 0.467 e. The first-order valence-electron chi connectivity index (χ1n) is 10.7. The molecule has 1 aliphatic heterocycles. The Morgan fingerprint density at radius 2 is 1.94 bits per heavy atom. The second kappa shape index (κ2) is 10.5. The number of rotatable bonds is 8. The monoisotopic (exact) mass is 472 g/mol. The number of halogens is 2. The van der Waals surface area contributed by atoms with Crippen LogP contribution in [0.2, 0.25) is 10.0 Å². The van der Waals surface area contributed by atoms with E-state index in [1.165, 1.54) is 0 Å². The molecule has 5 nitrogen and oxygen atoms in total. The van der Waals surface area contributed by atoms with Gasteiger partial charge in [-0.25, -0.2) is 0 Å². The van der Waals surface area contributed by atoms with E-state index in [2.05, 4.69) is 17.0 Å². The molecular weight excluding hydrogens is 447 g/mol. The number of aliphatic hydroxyl groups is 1. The highest BCUT2D eigenvalue weighted by Crippen LogP contribution is 2.28. The molecule has 3 aromatic rings. The Labute approximate surface area is 198 Å². The van der Waals surface area contributed by atoms with Gasteiger partial charge in [0.25, 0.3) is 0 Å². The minimum Gasteiger partial charge on any atom is -0.467 e. The van der Waals surface area contributed by atoms with Gasteiger partial charge in [-0.3, -0.25) is 9.69 Å². The number of benzene rings is 2. The number of amides is 1. The molecule has 1 amide bonds. The zero-order valence-electron chi connectivity index (χ0n) is 17.7. The molecule has 0 saturated carbocycles. The van der Waals surface area contributed by atoms with Crippen LogP contribution in [0, 0.1) is 0 Å². The summed E-state index contributed by atoms with van der Waals surface area (Å²) in [6, 6.07) is 19.1. The average molecular weight is 473 g/mol. The van der Waals surface area contributed by atoms with Gasteiger partial charge in [0.1, 0.15) is 5.76 Å². The molecule has 1 N–H and O–H groups in total. The van der Waals surface area contributed by atoms with E-state index in [1.54, 1.807) is 18.4 Å². The summed E-state index contributed by atoms with van der Waals surface area (Å²) >= 11 is 12.2. The Hall–Kier alpha value is -2.31. The van der Waals surface area contributed by atoms with Gasteiger partial charge in [0.05, 0.1) is 41.4 Å². The zero-order valence-corrected chi connectivity index (χ0v) is 19.2. The van der Waals surface area contributed by atoms with E-state index >= 15 is 0 Å². The van der Waals surface area contributed by atoms with Crippen LogP contribution >= 0.6 is 23.2 Å². The minimum absolute atomic E-state index is 0.0268. The van der Waals surface area contributed by atoms with E-state index in [4.69, 9.17) is 27.6 Å². The molecule has 1 fully saturated rings. The molecule has 2 atom stereocenters. The summed E-state index contributed by atoms with van der Waals surface area (Å²) in [6.45, 7) is 2.23. The van der Waals surface area contributed by atoms with Crippen LogP contribution in [0.3, 0.4) is 0 Å². The number of furan rings is 1. The third-order valence-corrected chi connectivity index (χ3v) is 6.57. The smallest absolute Gasteiger partial charge is 0.227 e. The normalized spacial score (nSPS) is 17.4. The van der Waals surface area contributed by atoms with Gasteiger partial charge in [0, 0.05) is 19.6 Å². The Bertz CT molecular complexity index is 1030. The highest BCUT2D eigenvalue weighted by molar-refractivity contribution is 6.42. The van der Waals surface area contributed by atoms with E-state index in [0.717, 1.165) is 29.9 Å². The van der Waals surface area contributed by atoms with Gasteiger partial charge in [-0.1, -0.05) is 59.6 Å². The Balaban J connectivity index is 1.59. The maximum Gasteiger partial charge on any atom is 0.227 e. The third kappa shape index (κ3) is 5.73. The second-order valence-electron chi connectivity index (χ2n) is 8.14. The molecule has 32 heavy (non-hydrogen) atoms. The first-order valence-corrected chi connectivity index (χ1v) is 11.5. The van der Waals surface area contributed by atoms with Crippen LogP contribution in [0.15, 0.2) is 71.3 Å². The van der Waals surface area contributed by atoms with E-state index in [9.17, 15) is 9.90 Å². The first-order chi connectivity index (χ1) is 15.5. The lowest BCUT2D eigenvalue weighted by Crippen LogP contribution is -2.41. The van der Waals surface area contributed by atoms with E-state index in [1.807, 2.05) is 41.3 Å². The number of β-amino-alcohol motifs (C(OH)–C–C–N with tert-alkyl or cyclic N) is 1. The number of hydrogen-bond acceptors (Lipinski definition) is 4. The Morgan fingerprint density at radius 3 is 2.59 bits per heavy atom. The maximum absolute atomic E-state index is 13.4.